The van der Waals surface area contributed by atoms with E-state index in [0.29, 0.717) is 0 Å². The Kier molecular flexibility index (Phi) is 6.00. The molecule has 0 spiro atoms. The molecule has 0 radical (unpaired) electrons. The molecule has 0 bridgehead atoms. The molecular weight excluding hydrogens is 294 g/mol. The summed E-state index contributed by atoms with van der Waals surface area (Å²) >= 11 is 1.71. The van der Waals surface area contributed by atoms with Crippen LogP contribution in [0, 0.1) is 0 Å². The molecular formula is C16H25N5S. The maximum Gasteiger partial charge on any atom is 0.191 e. The van der Waals surface area contributed by atoms with Crippen molar-refractivity contribution >= 4 is 17.3 Å². The molecule has 22 heavy (non-hydrogen) atoms. The minimum atomic E-state index is 0.753. The van der Waals surface area contributed by atoms with E-state index in [4.69, 9.17) is 0 Å². The van der Waals surface area contributed by atoms with Gasteiger partial charge in [0.15, 0.2) is 5.96 Å². The van der Waals surface area contributed by atoms with Gasteiger partial charge in [-0.25, -0.2) is 0 Å². The zero-order valence-electron chi connectivity index (χ0n) is 13.8. The van der Waals surface area contributed by atoms with Crippen molar-refractivity contribution in [3.8, 4) is 0 Å². The highest BCUT2D eigenvalue weighted by Gasteiger charge is 2.13. The first-order valence-corrected chi connectivity index (χ1v) is 8.63. The zero-order valence-corrected chi connectivity index (χ0v) is 14.6. The maximum atomic E-state index is 4.61. The van der Waals surface area contributed by atoms with Gasteiger partial charge in [0.25, 0.3) is 0 Å². The number of guanidine groups is 1. The molecule has 0 saturated carbocycles. The van der Waals surface area contributed by atoms with Crippen molar-refractivity contribution in [3.63, 3.8) is 0 Å². The zero-order chi connectivity index (χ0) is 15.9. The Morgan fingerprint density at radius 3 is 2.64 bits per heavy atom. The number of hydrogen-bond acceptors (Lipinski definition) is 3. The predicted octanol–water partition coefficient (Wildman–Crippen LogP) is 2.47. The molecule has 0 aliphatic heterocycles. The maximum absolute atomic E-state index is 4.61. The average Bonchev–Trinajstić information content (AvgIpc) is 3.14. The second-order valence-electron chi connectivity index (χ2n) is 5.11. The van der Waals surface area contributed by atoms with Crippen molar-refractivity contribution in [3.05, 3.63) is 39.3 Å². The summed E-state index contributed by atoms with van der Waals surface area (Å²) < 4.78 is 2.00. The Morgan fingerprint density at radius 1 is 1.27 bits per heavy atom. The largest absolute Gasteiger partial charge is 0.352 e. The molecule has 0 amide bonds. The monoisotopic (exact) mass is 319 g/mol. The van der Waals surface area contributed by atoms with E-state index in [-0.39, 0.29) is 0 Å². The topological polar surface area (TPSA) is 54.2 Å². The first kappa shape index (κ1) is 16.5. The number of hydrogen-bond donors (Lipinski definition) is 2. The summed E-state index contributed by atoms with van der Waals surface area (Å²) in [7, 11) is 3.82. The van der Waals surface area contributed by atoms with E-state index in [1.54, 1.807) is 18.4 Å². The molecule has 5 nitrogen and oxygen atoms in total. The SMILES string of the molecule is CCc1nn(C)c(CC)c1CNC(=NC)NCc1ccsc1. The van der Waals surface area contributed by atoms with Gasteiger partial charge in [0, 0.05) is 38.4 Å². The van der Waals surface area contributed by atoms with Crippen LogP contribution < -0.4 is 10.6 Å². The van der Waals surface area contributed by atoms with Crippen LogP contribution in [-0.2, 0) is 33.0 Å². The normalized spacial score (nSPS) is 11.7. The summed E-state index contributed by atoms with van der Waals surface area (Å²) in [5, 5.41) is 15.6. The number of rotatable bonds is 6. The van der Waals surface area contributed by atoms with E-state index in [2.05, 4.69) is 51.4 Å². The Bertz CT molecular complexity index is 613. The average molecular weight is 319 g/mol. The fourth-order valence-corrected chi connectivity index (χ4v) is 3.23. The molecule has 0 aromatic carbocycles. The minimum Gasteiger partial charge on any atom is -0.352 e. The van der Waals surface area contributed by atoms with E-state index in [1.807, 2.05) is 11.7 Å². The van der Waals surface area contributed by atoms with Crippen LogP contribution in [0.3, 0.4) is 0 Å². The van der Waals surface area contributed by atoms with Crippen LogP contribution in [0.5, 0.6) is 0 Å². The second kappa shape index (κ2) is 7.98. The van der Waals surface area contributed by atoms with Crippen LogP contribution in [0.15, 0.2) is 21.8 Å². The van der Waals surface area contributed by atoms with Gasteiger partial charge in [-0.05, 0) is 35.2 Å². The molecule has 2 aromatic heterocycles. The number of nitrogens with zero attached hydrogens (tertiary/aromatic N) is 3. The van der Waals surface area contributed by atoms with Crippen molar-refractivity contribution in [2.75, 3.05) is 7.05 Å². The number of aromatic nitrogens is 2. The Balaban J connectivity index is 1.98. The lowest BCUT2D eigenvalue weighted by atomic mass is 10.1. The van der Waals surface area contributed by atoms with Crippen molar-refractivity contribution in [1.29, 1.82) is 0 Å². The molecule has 0 atom stereocenters. The number of thiophene rings is 1. The van der Waals surface area contributed by atoms with Crippen molar-refractivity contribution in [2.24, 2.45) is 12.0 Å². The van der Waals surface area contributed by atoms with E-state index < -0.39 is 0 Å². The molecule has 2 rings (SSSR count). The van der Waals surface area contributed by atoms with Gasteiger partial charge in [-0.3, -0.25) is 9.67 Å². The van der Waals surface area contributed by atoms with Crippen LogP contribution >= 0.6 is 11.3 Å². The lowest BCUT2D eigenvalue weighted by molar-refractivity contribution is 0.702. The van der Waals surface area contributed by atoms with Crippen LogP contribution in [0.2, 0.25) is 0 Å². The van der Waals surface area contributed by atoms with E-state index in [1.165, 1.54) is 22.5 Å². The van der Waals surface area contributed by atoms with Crippen molar-refractivity contribution < 1.29 is 0 Å². The van der Waals surface area contributed by atoms with Crippen molar-refractivity contribution in [2.45, 2.75) is 39.8 Å². The Labute approximate surface area is 136 Å². The third-order valence-corrected chi connectivity index (χ3v) is 4.46. The van der Waals surface area contributed by atoms with Gasteiger partial charge in [0.2, 0.25) is 0 Å². The van der Waals surface area contributed by atoms with Gasteiger partial charge in [-0.1, -0.05) is 13.8 Å². The summed E-state index contributed by atoms with van der Waals surface area (Å²) in [5.74, 6) is 0.819. The first-order chi connectivity index (χ1) is 10.7. The number of aliphatic imine (C=N–C) groups is 1. The van der Waals surface area contributed by atoms with Crippen LogP contribution in [0.25, 0.3) is 0 Å². The van der Waals surface area contributed by atoms with Crippen molar-refractivity contribution in [1.82, 2.24) is 20.4 Å². The van der Waals surface area contributed by atoms with Gasteiger partial charge >= 0.3 is 0 Å². The molecule has 0 aliphatic rings. The first-order valence-electron chi connectivity index (χ1n) is 7.68. The van der Waals surface area contributed by atoms with Crippen LogP contribution in [0.1, 0.15) is 36.4 Å². The highest BCUT2D eigenvalue weighted by molar-refractivity contribution is 7.07. The molecule has 2 heterocycles. The Morgan fingerprint density at radius 2 is 2.05 bits per heavy atom. The summed E-state index contributed by atoms with van der Waals surface area (Å²) in [6.45, 7) is 5.86. The number of aryl methyl sites for hydroxylation is 2. The fourth-order valence-electron chi connectivity index (χ4n) is 2.57. The molecule has 0 unspecified atom stereocenters. The molecule has 2 N–H and O–H groups in total. The minimum absolute atomic E-state index is 0.753. The lowest BCUT2D eigenvalue weighted by Gasteiger charge is -2.12. The molecule has 120 valence electrons. The quantitative estimate of drug-likeness (QED) is 0.635. The van der Waals surface area contributed by atoms with Gasteiger partial charge in [0.05, 0.1) is 5.69 Å². The lowest BCUT2D eigenvalue weighted by Crippen LogP contribution is -2.36. The van der Waals surface area contributed by atoms with Gasteiger partial charge < -0.3 is 10.6 Å². The third kappa shape index (κ3) is 3.88. The number of nitrogens with one attached hydrogen (secondary N) is 2. The second-order valence-corrected chi connectivity index (χ2v) is 5.89. The smallest absolute Gasteiger partial charge is 0.191 e. The molecule has 0 aliphatic carbocycles. The van der Waals surface area contributed by atoms with Gasteiger partial charge in [0.1, 0.15) is 0 Å². The molecule has 0 saturated heterocycles. The van der Waals surface area contributed by atoms with E-state index >= 15 is 0 Å². The Hall–Kier alpha value is -1.82. The van der Waals surface area contributed by atoms with E-state index in [0.717, 1.165) is 31.9 Å². The third-order valence-electron chi connectivity index (χ3n) is 3.72. The highest BCUT2D eigenvalue weighted by Crippen LogP contribution is 2.15. The molecule has 6 heteroatoms. The summed E-state index contributed by atoms with van der Waals surface area (Å²) in [6, 6.07) is 2.12. The highest BCUT2D eigenvalue weighted by atomic mass is 32.1. The van der Waals surface area contributed by atoms with Gasteiger partial charge in [-0.2, -0.15) is 16.4 Å². The van der Waals surface area contributed by atoms with Crippen LogP contribution in [-0.4, -0.2) is 22.8 Å². The standard InChI is InChI=1S/C16H25N5S/c1-5-14-13(15(6-2)21(4)20-14)10-19-16(17-3)18-9-12-7-8-22-11-12/h7-8,11H,5-6,9-10H2,1-4H3,(H2,17,18,19). The predicted molar refractivity (Wildman–Crippen MR) is 93.3 cm³/mol. The summed E-state index contributed by atoms with van der Waals surface area (Å²) in [6.07, 6.45) is 1.94. The molecule has 0 fully saturated rings. The fraction of sp³-hybridized carbons (Fsp3) is 0.500. The summed E-state index contributed by atoms with van der Waals surface area (Å²) in [4.78, 5) is 4.29. The molecule has 2 aromatic rings. The van der Waals surface area contributed by atoms with E-state index in [9.17, 15) is 0 Å². The summed E-state index contributed by atoms with van der Waals surface area (Å²) in [5.41, 5.74) is 5.03. The van der Waals surface area contributed by atoms with Gasteiger partial charge in [-0.15, -0.1) is 0 Å². The van der Waals surface area contributed by atoms with Crippen LogP contribution in [0.4, 0.5) is 0 Å².